The van der Waals surface area contributed by atoms with Crippen molar-refractivity contribution >= 4 is 123 Å². The summed E-state index contributed by atoms with van der Waals surface area (Å²) < 4.78 is 92.2. The molecule has 0 aliphatic carbocycles. The van der Waals surface area contributed by atoms with Crippen LogP contribution >= 0.6 is 0 Å². The maximum Gasteiger partial charge on any atom is 0.252 e. The Hall–Kier alpha value is -11.9. The Kier molecular flexibility index (Phi) is 11.9. The second-order valence-corrected chi connectivity index (χ2v) is 30.6. The van der Waals surface area contributed by atoms with Crippen molar-refractivity contribution in [3.05, 3.63) is 314 Å². The van der Waals surface area contributed by atoms with E-state index in [-0.39, 0.29) is 39.3 Å². The number of hydrogen-bond acceptors (Lipinski definition) is 4. The number of fused-ring (bicyclic) bond motifs is 13. The van der Waals surface area contributed by atoms with Crippen molar-refractivity contribution in [1.82, 2.24) is 4.57 Å². The highest BCUT2D eigenvalue weighted by Crippen LogP contribution is 2.57. The van der Waals surface area contributed by atoms with E-state index in [0.29, 0.717) is 11.3 Å². The molecule has 0 spiro atoms. The maximum absolute atomic E-state index is 9.90. The minimum Gasteiger partial charge on any atom is -0.456 e. The van der Waals surface area contributed by atoms with E-state index in [2.05, 4.69) is 297 Å². The molecule has 0 bridgehead atoms. The summed E-state index contributed by atoms with van der Waals surface area (Å²) in [5.41, 5.74) is 23.8. The predicted molar refractivity (Wildman–Crippen MR) is 433 cm³/mol. The van der Waals surface area contributed by atoms with E-state index in [9.17, 15) is 8.22 Å². The van der Waals surface area contributed by atoms with Crippen LogP contribution in [0, 0.1) is 0 Å². The van der Waals surface area contributed by atoms with E-state index < -0.39 is 53.8 Å². The molecule has 14 aromatic carbocycles. The minimum atomic E-state index is -0.560. The molecule has 490 valence electrons. The lowest BCUT2D eigenvalue weighted by Gasteiger charge is -2.46. The molecule has 5 nitrogen and oxygen atoms in total. The van der Waals surface area contributed by atoms with Crippen LogP contribution in [-0.2, 0) is 16.2 Å². The number of rotatable bonds is 8. The van der Waals surface area contributed by atoms with Gasteiger partial charge in [0.15, 0.2) is 0 Å². The third-order valence-corrected chi connectivity index (χ3v) is 21.2. The molecular weight excluding hydrogens is 1240 g/mol. The highest BCUT2D eigenvalue weighted by atomic mass is 16.3. The average Bonchev–Trinajstić information content (AvgIpc) is 1.02. The Morgan fingerprint density at radius 1 is 0.333 bits per heavy atom. The highest BCUT2D eigenvalue weighted by molar-refractivity contribution is 7.00. The van der Waals surface area contributed by atoms with Crippen LogP contribution in [-0.4, -0.2) is 11.3 Å². The average molecular weight is 1320 g/mol. The van der Waals surface area contributed by atoms with Crippen LogP contribution in [0.5, 0.6) is 0 Å². The summed E-state index contributed by atoms with van der Waals surface area (Å²) in [5, 5.41) is 3.75. The predicted octanol–water partition coefficient (Wildman–Crippen LogP) is 24.9. The first-order chi connectivity index (χ1) is 52.8. The van der Waals surface area contributed by atoms with Gasteiger partial charge >= 0.3 is 0 Å². The molecule has 17 aromatic rings. The largest absolute Gasteiger partial charge is 0.456 e. The number of furan rings is 2. The topological polar surface area (TPSA) is 37.7 Å². The fourth-order valence-corrected chi connectivity index (χ4v) is 16.3. The van der Waals surface area contributed by atoms with Crippen LogP contribution in [0.4, 0.5) is 34.1 Å². The van der Waals surface area contributed by atoms with Gasteiger partial charge in [0.25, 0.3) is 6.71 Å². The molecule has 0 fully saturated rings. The lowest BCUT2D eigenvalue weighted by atomic mass is 9.33. The maximum atomic E-state index is 9.90. The molecule has 0 unspecified atom stereocenters. The quantitative estimate of drug-likeness (QED) is 0.142. The Bertz CT molecular complexity index is 6630. The van der Waals surface area contributed by atoms with Crippen LogP contribution in [0.3, 0.4) is 0 Å². The number of benzene rings is 14. The van der Waals surface area contributed by atoms with Gasteiger partial charge < -0.3 is 23.2 Å². The van der Waals surface area contributed by atoms with Gasteiger partial charge in [-0.3, -0.25) is 0 Å². The first-order valence-electron chi connectivity index (χ1n) is 39.3. The van der Waals surface area contributed by atoms with Crippen molar-refractivity contribution in [3.63, 3.8) is 0 Å². The van der Waals surface area contributed by atoms with E-state index in [4.69, 9.17) is 11.6 Å². The second-order valence-electron chi connectivity index (χ2n) is 30.6. The summed E-state index contributed by atoms with van der Waals surface area (Å²) in [6.45, 7) is 19.7. The van der Waals surface area contributed by atoms with E-state index in [0.717, 1.165) is 161 Å². The monoisotopic (exact) mass is 1320 g/mol. The van der Waals surface area contributed by atoms with Crippen LogP contribution < -0.4 is 26.2 Å². The van der Waals surface area contributed by atoms with E-state index in [1.165, 1.54) is 0 Å². The number of hydrogen-bond donors (Lipinski definition) is 0. The van der Waals surface area contributed by atoms with E-state index in [1.807, 2.05) is 24.3 Å². The Morgan fingerprint density at radius 2 is 0.765 bits per heavy atom. The standard InChI is InChI=1S/C96H76BN3O2/c1-94(2,3)67-54-83-89-84(55-67)100(91-74(62-36-20-13-21-37-62)58-76(96(7,8)9)93-88(91)72-41-25-29-45-86(72)102-93)82-56-68(98-79-42-26-22-38-69(79)70-39-23-27-43-80(70)98)47-48-77(82)97(89)78-53-63(66-51-64(59-30-14-10-15-31-59)50-65(52-66)60-32-16-11-17-33-60)46-49-81(78)99(83)90-73(61-34-18-12-19-35-61)57-75(95(4,5)6)92-87(90)71-40-24-28-44-85(71)101-92/h10-58H,1-9H3/i22D,23D,26D,27D,38D,39D,42D,43D. The summed E-state index contributed by atoms with van der Waals surface area (Å²) >= 11 is 0. The van der Waals surface area contributed by atoms with Crippen molar-refractivity contribution in [2.45, 2.75) is 78.6 Å². The second kappa shape index (κ2) is 22.8. The van der Waals surface area contributed by atoms with Gasteiger partial charge in [0.2, 0.25) is 0 Å². The zero-order valence-corrected chi connectivity index (χ0v) is 58.4. The van der Waals surface area contributed by atoms with Crippen molar-refractivity contribution in [2.75, 3.05) is 9.80 Å². The summed E-state index contributed by atoms with van der Waals surface area (Å²) in [6, 6.07) is 85.3. The number of para-hydroxylation sites is 4. The summed E-state index contributed by atoms with van der Waals surface area (Å²) in [4.78, 5) is 4.99. The first kappa shape index (κ1) is 53.1. The molecule has 0 radical (unpaired) electrons. The van der Waals surface area contributed by atoms with Crippen molar-refractivity contribution in [3.8, 4) is 61.3 Å². The molecule has 0 N–H and O–H groups in total. The number of aromatic nitrogens is 1. The van der Waals surface area contributed by atoms with Gasteiger partial charge in [-0.05, 0) is 168 Å². The first-order valence-corrected chi connectivity index (χ1v) is 35.3. The zero-order valence-electron chi connectivity index (χ0n) is 66.4. The van der Waals surface area contributed by atoms with Gasteiger partial charge in [-0.15, -0.1) is 0 Å². The van der Waals surface area contributed by atoms with Crippen molar-refractivity contribution in [1.29, 1.82) is 0 Å². The molecule has 6 heteroatoms. The minimum absolute atomic E-state index is 0.00131. The third kappa shape index (κ3) is 9.59. The molecule has 2 aliphatic heterocycles. The van der Waals surface area contributed by atoms with Crippen LogP contribution in [0.15, 0.2) is 306 Å². The Morgan fingerprint density at radius 3 is 1.24 bits per heavy atom. The molecule has 102 heavy (non-hydrogen) atoms. The molecule has 3 aromatic heterocycles. The van der Waals surface area contributed by atoms with Gasteiger partial charge in [-0.2, -0.15) is 0 Å². The molecule has 19 rings (SSSR count). The van der Waals surface area contributed by atoms with Gasteiger partial charge in [-0.1, -0.05) is 274 Å². The van der Waals surface area contributed by atoms with Gasteiger partial charge in [0.1, 0.15) is 22.3 Å². The summed E-state index contributed by atoms with van der Waals surface area (Å²) in [6.07, 6.45) is 0. The molecular formula is C96H76BN3O2. The summed E-state index contributed by atoms with van der Waals surface area (Å²) in [7, 11) is 0. The van der Waals surface area contributed by atoms with Crippen molar-refractivity contribution in [2.24, 2.45) is 0 Å². The molecule has 0 atom stereocenters. The van der Waals surface area contributed by atoms with Gasteiger partial charge in [-0.25, -0.2) is 0 Å². The SMILES string of the molecule is [2H]c1c([2H])c([2H])c2c(c1[2H])c1c([2H])c([2H])c([2H])c([2H])c1n2-c1ccc2c(c1)N(c1c(-c3ccccc3)cc(C(C)(C)C)c3oc4ccccc4c13)c1cc(C(C)(C)C)cc3c1B2c1cc(-c2cc(-c4ccccc4)cc(-c4ccccc4)c2)ccc1N3c1c(-c2ccccc2)cc(C(C)(C)C)c2oc3ccccc3c12. The Balaban J connectivity index is 1.03. The fraction of sp³-hybridized carbons (Fsp3) is 0.125. The third-order valence-electron chi connectivity index (χ3n) is 21.2. The normalized spacial score (nSPS) is 14.2. The molecule has 0 saturated carbocycles. The van der Waals surface area contributed by atoms with Crippen LogP contribution in [0.25, 0.3) is 127 Å². The molecule has 0 amide bonds. The fourth-order valence-electron chi connectivity index (χ4n) is 16.3. The zero-order chi connectivity index (χ0) is 76.0. The van der Waals surface area contributed by atoms with E-state index >= 15 is 0 Å². The van der Waals surface area contributed by atoms with E-state index in [1.54, 1.807) is 4.57 Å². The van der Waals surface area contributed by atoms with Crippen LogP contribution in [0.1, 0.15) is 90.0 Å². The number of nitrogens with zero attached hydrogens (tertiary/aromatic N) is 3. The number of anilines is 6. The van der Waals surface area contributed by atoms with Gasteiger partial charge in [0.05, 0.1) is 44.1 Å². The van der Waals surface area contributed by atoms with Crippen molar-refractivity contribution < 1.29 is 19.8 Å². The summed E-state index contributed by atoms with van der Waals surface area (Å²) in [5.74, 6) is 0. The lowest BCUT2D eigenvalue weighted by Crippen LogP contribution is -2.61. The van der Waals surface area contributed by atoms with Crippen LogP contribution in [0.2, 0.25) is 0 Å². The molecule has 0 saturated heterocycles. The highest BCUT2D eigenvalue weighted by Gasteiger charge is 2.47. The molecule has 5 heterocycles. The lowest BCUT2D eigenvalue weighted by molar-refractivity contribution is 0.572. The van der Waals surface area contributed by atoms with Gasteiger partial charge in [0, 0.05) is 72.2 Å². The molecule has 2 aliphatic rings. The smallest absolute Gasteiger partial charge is 0.252 e. The Labute approximate surface area is 607 Å².